The number of aliphatic carboxylic acids is 1. The summed E-state index contributed by atoms with van der Waals surface area (Å²) in [7, 11) is 0. The quantitative estimate of drug-likeness (QED) is 0.0376. The molecule has 0 spiro atoms. The number of guanidine groups is 1. The number of phenols is 1. The van der Waals surface area contributed by atoms with Crippen molar-refractivity contribution in [2.24, 2.45) is 28.3 Å². The van der Waals surface area contributed by atoms with Gasteiger partial charge in [0, 0.05) is 19.4 Å². The Hall–Kier alpha value is -4.64. The largest absolute Gasteiger partial charge is 0.508 e. The maximum atomic E-state index is 13.8. The van der Waals surface area contributed by atoms with Gasteiger partial charge in [-0.1, -0.05) is 26.0 Å². The lowest BCUT2D eigenvalue weighted by molar-refractivity contribution is -0.147. The molecule has 12 N–H and O–H groups in total. The van der Waals surface area contributed by atoms with Crippen molar-refractivity contribution in [3.63, 3.8) is 0 Å². The number of oxime groups is 1. The molecule has 4 amide bonds. The maximum Gasteiger partial charge on any atom is 0.328 e. The van der Waals surface area contributed by atoms with E-state index in [2.05, 4.69) is 21.1 Å². The lowest BCUT2D eigenvalue weighted by Crippen LogP contribution is -2.59. The number of carbonyl (C=O) groups excluding carboxylic acids is 4. The minimum Gasteiger partial charge on any atom is -0.508 e. The van der Waals surface area contributed by atoms with Crippen LogP contribution in [0.5, 0.6) is 5.75 Å². The molecule has 46 heavy (non-hydrogen) atoms. The predicted octanol–water partition coefficient (Wildman–Crippen LogP) is -2.19. The van der Waals surface area contributed by atoms with E-state index in [0.717, 1.165) is 0 Å². The zero-order chi connectivity index (χ0) is 34.6. The summed E-state index contributed by atoms with van der Waals surface area (Å²) in [5, 5.41) is 39.8. The molecule has 1 aliphatic heterocycles. The summed E-state index contributed by atoms with van der Waals surface area (Å²) in [6.45, 7) is 5.03. The van der Waals surface area contributed by atoms with Gasteiger partial charge >= 0.3 is 5.97 Å². The molecule has 1 aliphatic rings. The fraction of sp³-hybridized carbons (Fsp3) is 0.586. The van der Waals surface area contributed by atoms with Crippen LogP contribution in [0.2, 0.25) is 0 Å². The Labute approximate surface area is 266 Å². The molecule has 17 nitrogen and oxygen atoms in total. The molecular formula is C29H46N8O9. The number of benzene rings is 1. The molecule has 256 valence electrons. The van der Waals surface area contributed by atoms with Crippen molar-refractivity contribution in [3.8, 4) is 5.75 Å². The van der Waals surface area contributed by atoms with E-state index in [1.807, 2.05) is 13.8 Å². The third-order valence-corrected chi connectivity index (χ3v) is 7.24. The topological polar surface area (TPSA) is 285 Å². The molecule has 0 aliphatic carbocycles. The molecule has 1 heterocycles. The van der Waals surface area contributed by atoms with Crippen molar-refractivity contribution in [3.05, 3.63) is 29.8 Å². The number of carboxylic acids is 1. The highest BCUT2D eigenvalue weighted by Gasteiger charge is 2.40. The number of phenolic OH excluding ortho intramolecular Hbond substituents is 1. The minimum absolute atomic E-state index is 0.00602. The molecule has 1 fully saturated rings. The van der Waals surface area contributed by atoms with Gasteiger partial charge in [-0.3, -0.25) is 19.2 Å². The standard InChI is InChI=1S/C29H46N8O9/c1-15(2)13-21(27(43)37-11-4-5-22(37)26(42)35-23(16(3)38)28(44)45)34-25(41)20(14-17-6-8-18(39)9-7-17)33-24(40)19(30)10-12-46-36-29(31)32/h6-9,15-16,19-23,38-39H,4-5,10-14,30H2,1-3H3,(H,33,40)(H,34,41)(H,35,42)(H,44,45)(H4,31,32,36)/t16-,19+,20+,21+,22+,23+/m1/s1. The van der Waals surface area contributed by atoms with Crippen molar-refractivity contribution >= 4 is 35.6 Å². The van der Waals surface area contributed by atoms with Crippen molar-refractivity contribution in [2.75, 3.05) is 13.2 Å². The highest BCUT2D eigenvalue weighted by Crippen LogP contribution is 2.21. The Balaban J connectivity index is 2.25. The van der Waals surface area contributed by atoms with E-state index in [0.29, 0.717) is 12.0 Å². The SMILES string of the molecule is CC(C)C[C@H](NC(=O)[C@H](Cc1ccc(O)cc1)NC(=O)[C@@H](N)CCON=C(N)N)C(=O)N1CCC[C@H]1C(=O)N[C@H](C(=O)O)[C@@H](C)O. The van der Waals surface area contributed by atoms with Crippen LogP contribution < -0.4 is 33.2 Å². The normalized spacial score (nSPS) is 17.6. The lowest BCUT2D eigenvalue weighted by atomic mass is 10.00. The smallest absolute Gasteiger partial charge is 0.328 e. The Bertz CT molecular complexity index is 1240. The van der Waals surface area contributed by atoms with Crippen molar-refractivity contribution in [1.29, 1.82) is 0 Å². The fourth-order valence-electron chi connectivity index (χ4n) is 4.89. The first-order valence-corrected chi connectivity index (χ1v) is 15.0. The Morgan fingerprint density at radius 1 is 1.02 bits per heavy atom. The van der Waals surface area contributed by atoms with E-state index in [1.54, 1.807) is 12.1 Å². The summed E-state index contributed by atoms with van der Waals surface area (Å²) < 4.78 is 0. The molecule has 1 aromatic rings. The van der Waals surface area contributed by atoms with Crippen LogP contribution in [0.1, 0.15) is 52.0 Å². The van der Waals surface area contributed by atoms with Crippen LogP contribution in [0.25, 0.3) is 0 Å². The lowest BCUT2D eigenvalue weighted by Gasteiger charge is -2.31. The summed E-state index contributed by atoms with van der Waals surface area (Å²) in [5.41, 5.74) is 17.0. The van der Waals surface area contributed by atoms with Gasteiger partial charge in [-0.25, -0.2) is 4.79 Å². The molecule has 1 saturated heterocycles. The summed E-state index contributed by atoms with van der Waals surface area (Å²) in [6.07, 6.45) is -0.454. The number of hydrogen-bond donors (Lipinski definition) is 9. The van der Waals surface area contributed by atoms with Crippen molar-refractivity contribution in [2.45, 2.75) is 89.2 Å². The molecule has 2 rings (SSSR count). The second kappa shape index (κ2) is 17.7. The number of likely N-dealkylation sites (tertiary alicyclic amines) is 1. The van der Waals surface area contributed by atoms with Gasteiger partial charge < -0.3 is 58.2 Å². The molecule has 17 heteroatoms. The van der Waals surface area contributed by atoms with E-state index < -0.39 is 65.9 Å². The first kappa shape index (κ1) is 37.5. The minimum atomic E-state index is -1.56. The highest BCUT2D eigenvalue weighted by molar-refractivity contribution is 5.96. The zero-order valence-electron chi connectivity index (χ0n) is 26.2. The van der Waals surface area contributed by atoms with Gasteiger partial charge in [-0.2, -0.15) is 0 Å². The Morgan fingerprint density at radius 3 is 2.22 bits per heavy atom. The Morgan fingerprint density at radius 2 is 1.65 bits per heavy atom. The second-order valence-electron chi connectivity index (χ2n) is 11.6. The molecule has 0 bridgehead atoms. The monoisotopic (exact) mass is 650 g/mol. The number of carboxylic acid groups (broad SMARTS) is 1. The molecular weight excluding hydrogens is 604 g/mol. The van der Waals surface area contributed by atoms with Crippen LogP contribution in [-0.4, -0.2) is 105 Å². The van der Waals surface area contributed by atoms with E-state index in [-0.39, 0.29) is 56.5 Å². The number of nitrogens with one attached hydrogen (secondary N) is 3. The molecule has 0 saturated carbocycles. The van der Waals surface area contributed by atoms with Crippen LogP contribution >= 0.6 is 0 Å². The number of carbonyl (C=O) groups is 5. The van der Waals surface area contributed by atoms with Crippen LogP contribution in [0.3, 0.4) is 0 Å². The maximum absolute atomic E-state index is 13.8. The molecule has 1 aromatic carbocycles. The predicted molar refractivity (Wildman–Crippen MR) is 165 cm³/mol. The third kappa shape index (κ3) is 11.7. The summed E-state index contributed by atoms with van der Waals surface area (Å²) in [6, 6.07) is 0.0511. The third-order valence-electron chi connectivity index (χ3n) is 7.24. The van der Waals surface area contributed by atoms with E-state index in [4.69, 9.17) is 22.0 Å². The average molecular weight is 651 g/mol. The number of nitrogens with two attached hydrogens (primary N) is 3. The fourth-order valence-corrected chi connectivity index (χ4v) is 4.89. The zero-order valence-corrected chi connectivity index (χ0v) is 26.2. The van der Waals surface area contributed by atoms with Gasteiger partial charge in [0.25, 0.3) is 0 Å². The first-order chi connectivity index (χ1) is 21.6. The number of nitrogens with zero attached hydrogens (tertiary/aromatic N) is 2. The van der Waals surface area contributed by atoms with Gasteiger partial charge in [0.1, 0.15) is 30.5 Å². The molecule has 0 aromatic heterocycles. The second-order valence-corrected chi connectivity index (χ2v) is 11.6. The van der Waals surface area contributed by atoms with Gasteiger partial charge in [0.05, 0.1) is 12.1 Å². The number of aromatic hydroxyl groups is 1. The van der Waals surface area contributed by atoms with E-state index in [1.165, 1.54) is 24.0 Å². The Kier molecular flexibility index (Phi) is 14.5. The van der Waals surface area contributed by atoms with Crippen LogP contribution in [0.15, 0.2) is 29.4 Å². The van der Waals surface area contributed by atoms with E-state index in [9.17, 15) is 39.3 Å². The summed E-state index contributed by atoms with van der Waals surface area (Å²) >= 11 is 0. The molecule has 0 radical (unpaired) electrons. The van der Waals surface area contributed by atoms with Gasteiger partial charge in [-0.15, -0.1) is 0 Å². The van der Waals surface area contributed by atoms with Crippen LogP contribution in [-0.2, 0) is 35.2 Å². The number of rotatable bonds is 17. The van der Waals surface area contributed by atoms with Crippen molar-refractivity contribution in [1.82, 2.24) is 20.9 Å². The first-order valence-electron chi connectivity index (χ1n) is 15.0. The molecule has 6 atom stereocenters. The number of aliphatic hydroxyl groups is 1. The van der Waals surface area contributed by atoms with Gasteiger partial charge in [0.2, 0.25) is 29.6 Å². The van der Waals surface area contributed by atoms with Gasteiger partial charge in [0.15, 0.2) is 6.04 Å². The van der Waals surface area contributed by atoms with E-state index >= 15 is 0 Å². The van der Waals surface area contributed by atoms with Crippen LogP contribution in [0, 0.1) is 5.92 Å². The summed E-state index contributed by atoms with van der Waals surface area (Å²) in [5.74, 6) is -4.45. The average Bonchev–Trinajstić information content (AvgIpc) is 3.47. The number of aliphatic hydroxyl groups excluding tert-OH is 1. The molecule has 0 unspecified atom stereocenters. The highest BCUT2D eigenvalue weighted by atomic mass is 16.6. The van der Waals surface area contributed by atoms with Crippen LogP contribution in [0.4, 0.5) is 0 Å². The van der Waals surface area contributed by atoms with Gasteiger partial charge in [-0.05, 0) is 55.0 Å². The number of hydrogen-bond acceptors (Lipinski definition) is 10. The van der Waals surface area contributed by atoms with Crippen molar-refractivity contribution < 1.29 is 44.1 Å². The summed E-state index contributed by atoms with van der Waals surface area (Å²) in [4.78, 5) is 71.2. The number of amides is 4.